The molecule has 1 aromatic rings. The van der Waals surface area contributed by atoms with Crippen LogP contribution in [0.3, 0.4) is 0 Å². The topological polar surface area (TPSA) is 28.7 Å². The van der Waals surface area contributed by atoms with Crippen LogP contribution < -0.4 is 0 Å². The van der Waals surface area contributed by atoms with Gasteiger partial charge < -0.3 is 0 Å². The third-order valence-electron chi connectivity index (χ3n) is 0.640. The summed E-state index contributed by atoms with van der Waals surface area (Å²) in [6, 6.07) is 1.92. The smallest absolute Gasteiger partial charge is 0.0489 e. The number of nitrogens with one attached hydrogen (secondary N) is 1. The average Bonchev–Trinajstić information content (AvgIpc) is 2.24. The molecule has 1 aromatic heterocycles. The Hall–Kier alpha value is -0.0600. The number of aromatic amines is 1. The summed E-state index contributed by atoms with van der Waals surface area (Å²) < 4.78 is 0. The highest BCUT2D eigenvalue weighted by molar-refractivity contribution is 14.1. The Morgan fingerprint density at radius 3 is 2.50 bits per heavy atom. The first-order chi connectivity index (χ1) is 3.89. The maximum absolute atomic E-state index is 3.70. The lowest BCUT2D eigenvalue weighted by Crippen LogP contribution is -1.65. The molecule has 3 heteroatoms. The highest BCUT2D eigenvalue weighted by Gasteiger charge is 1.73. The van der Waals surface area contributed by atoms with Crippen molar-refractivity contribution in [1.82, 2.24) is 10.2 Å². The second-order valence-corrected chi connectivity index (χ2v) is 1.24. The average molecular weight is 226 g/mol. The molecular weight excluding hydrogens is 215 g/mol. The first kappa shape index (κ1) is 7.94. The van der Waals surface area contributed by atoms with E-state index in [9.17, 15) is 0 Å². The second-order valence-electron chi connectivity index (χ2n) is 1.24. The number of aromatic nitrogens is 2. The van der Waals surface area contributed by atoms with E-state index in [1.54, 1.807) is 6.20 Å². The molecule has 1 heterocycles. The predicted octanol–water partition coefficient (Wildman–Crippen LogP) is 2.02. The molecule has 0 unspecified atom stereocenters. The lowest BCUT2D eigenvalue weighted by atomic mass is 10.5. The zero-order chi connectivity index (χ0) is 6.41. The fourth-order valence-corrected chi connectivity index (χ4v) is 0.325. The van der Waals surface area contributed by atoms with E-state index < -0.39 is 0 Å². The molecule has 2 nitrogen and oxygen atoms in total. The van der Waals surface area contributed by atoms with Crippen molar-refractivity contribution in [2.75, 3.05) is 4.93 Å². The van der Waals surface area contributed by atoms with Gasteiger partial charge in [-0.3, -0.25) is 5.10 Å². The molecule has 0 amide bonds. The van der Waals surface area contributed by atoms with E-state index in [2.05, 4.69) is 32.8 Å². The fourth-order valence-electron chi connectivity index (χ4n) is 0.325. The van der Waals surface area contributed by atoms with Crippen LogP contribution in [-0.2, 0) is 0 Å². The molecule has 1 N–H and O–H groups in total. The Bertz CT molecular complexity index is 119. The Kier molecular flexibility index (Phi) is 5.05. The van der Waals surface area contributed by atoms with E-state index >= 15 is 0 Å². The SMILES string of the molecule is CI.Cc1ccn[nH]1.[HH]. The number of alkyl halides is 1. The Balaban J connectivity index is 0. The molecule has 48 valence electrons. The second kappa shape index (κ2) is 5.08. The highest BCUT2D eigenvalue weighted by Crippen LogP contribution is 1.82. The minimum Gasteiger partial charge on any atom is -0.283 e. The molecule has 0 bridgehead atoms. The maximum atomic E-state index is 3.70. The van der Waals surface area contributed by atoms with Crippen LogP contribution in [0.2, 0.25) is 0 Å². The van der Waals surface area contributed by atoms with Gasteiger partial charge in [0.2, 0.25) is 0 Å². The van der Waals surface area contributed by atoms with Crippen molar-refractivity contribution >= 4 is 22.6 Å². The molecule has 0 aromatic carbocycles. The minimum atomic E-state index is 0. The summed E-state index contributed by atoms with van der Waals surface area (Å²) >= 11 is 2.15. The van der Waals surface area contributed by atoms with Gasteiger partial charge in [-0.05, 0) is 17.9 Å². The number of hydrogen-bond donors (Lipinski definition) is 1. The van der Waals surface area contributed by atoms with E-state index in [0.29, 0.717) is 0 Å². The van der Waals surface area contributed by atoms with Crippen LogP contribution in [0.1, 0.15) is 7.12 Å². The molecule has 0 atom stereocenters. The largest absolute Gasteiger partial charge is 0.283 e. The van der Waals surface area contributed by atoms with Gasteiger partial charge in [0, 0.05) is 13.3 Å². The van der Waals surface area contributed by atoms with Gasteiger partial charge in [0.15, 0.2) is 0 Å². The maximum Gasteiger partial charge on any atom is 0.0489 e. The molecule has 0 saturated heterocycles. The Labute approximate surface area is 64.3 Å². The third-order valence-corrected chi connectivity index (χ3v) is 0.640. The summed E-state index contributed by atoms with van der Waals surface area (Å²) in [4.78, 5) is 1.97. The summed E-state index contributed by atoms with van der Waals surface area (Å²) in [5.41, 5.74) is 1.11. The van der Waals surface area contributed by atoms with Crippen LogP contribution in [0.25, 0.3) is 0 Å². The van der Waals surface area contributed by atoms with E-state index in [0.717, 1.165) is 5.69 Å². The molecule has 0 radical (unpaired) electrons. The van der Waals surface area contributed by atoms with Gasteiger partial charge in [0.05, 0.1) is 0 Å². The van der Waals surface area contributed by atoms with Gasteiger partial charge in [0.1, 0.15) is 0 Å². The molecule has 0 aliphatic carbocycles. The van der Waals surface area contributed by atoms with Crippen LogP contribution in [0, 0.1) is 6.92 Å². The van der Waals surface area contributed by atoms with E-state index in [-0.39, 0.29) is 1.43 Å². The number of hydrogen-bond acceptors (Lipinski definition) is 1. The third kappa shape index (κ3) is 3.01. The van der Waals surface area contributed by atoms with Crippen LogP contribution >= 0.6 is 22.6 Å². The normalized spacial score (nSPS) is 7.38. The lowest BCUT2D eigenvalue weighted by molar-refractivity contribution is 1.05. The summed E-state index contributed by atoms with van der Waals surface area (Å²) in [6.07, 6.45) is 1.73. The number of rotatable bonds is 0. The molecule has 0 aliphatic rings. The molecule has 8 heavy (non-hydrogen) atoms. The summed E-state index contributed by atoms with van der Waals surface area (Å²) in [5.74, 6) is 0. The zero-order valence-electron chi connectivity index (χ0n) is 4.98. The minimum absolute atomic E-state index is 0. The van der Waals surface area contributed by atoms with E-state index in [4.69, 9.17) is 0 Å². The summed E-state index contributed by atoms with van der Waals surface area (Å²) in [7, 11) is 0. The van der Waals surface area contributed by atoms with Crippen molar-refractivity contribution < 1.29 is 1.43 Å². The monoisotopic (exact) mass is 226 g/mol. The highest BCUT2D eigenvalue weighted by atomic mass is 127. The van der Waals surface area contributed by atoms with E-state index in [1.807, 2.05) is 17.9 Å². The summed E-state index contributed by atoms with van der Waals surface area (Å²) in [5, 5.41) is 6.45. The number of nitrogens with zero attached hydrogens (tertiary/aromatic N) is 1. The number of halogens is 1. The first-order valence-corrected chi connectivity index (χ1v) is 4.39. The Morgan fingerprint density at radius 1 is 1.75 bits per heavy atom. The molecule has 0 saturated carbocycles. The molecule has 1 rings (SSSR count). The summed E-state index contributed by atoms with van der Waals surface area (Å²) in [6.45, 7) is 1.97. The van der Waals surface area contributed by atoms with Crippen molar-refractivity contribution in [1.29, 1.82) is 0 Å². The van der Waals surface area contributed by atoms with Gasteiger partial charge in [-0.15, -0.1) is 0 Å². The van der Waals surface area contributed by atoms with Gasteiger partial charge in [0.25, 0.3) is 0 Å². The van der Waals surface area contributed by atoms with Crippen molar-refractivity contribution in [3.05, 3.63) is 18.0 Å². The number of H-pyrrole nitrogens is 1. The van der Waals surface area contributed by atoms with Crippen molar-refractivity contribution in [3.63, 3.8) is 0 Å². The quantitative estimate of drug-likeness (QED) is 0.532. The Morgan fingerprint density at radius 2 is 2.38 bits per heavy atom. The lowest BCUT2D eigenvalue weighted by Gasteiger charge is -1.68. The van der Waals surface area contributed by atoms with Gasteiger partial charge in [-0.2, -0.15) is 5.10 Å². The van der Waals surface area contributed by atoms with Gasteiger partial charge >= 0.3 is 0 Å². The zero-order valence-corrected chi connectivity index (χ0v) is 7.14. The molecule has 0 fully saturated rings. The van der Waals surface area contributed by atoms with E-state index in [1.165, 1.54) is 0 Å². The number of aryl methyl sites for hydroxylation is 1. The first-order valence-electron chi connectivity index (χ1n) is 2.23. The van der Waals surface area contributed by atoms with Crippen molar-refractivity contribution in [2.45, 2.75) is 6.92 Å². The van der Waals surface area contributed by atoms with Gasteiger partial charge in [-0.1, -0.05) is 22.6 Å². The van der Waals surface area contributed by atoms with Gasteiger partial charge in [-0.25, -0.2) is 0 Å². The van der Waals surface area contributed by atoms with Crippen LogP contribution in [0.15, 0.2) is 12.3 Å². The van der Waals surface area contributed by atoms with Crippen molar-refractivity contribution in [2.24, 2.45) is 0 Å². The molecule has 0 aliphatic heterocycles. The van der Waals surface area contributed by atoms with Crippen molar-refractivity contribution in [3.8, 4) is 0 Å². The van der Waals surface area contributed by atoms with Crippen LogP contribution in [-0.4, -0.2) is 15.1 Å². The standard InChI is InChI=1S/C4H6N2.CH3I.H2/c1-4-2-3-5-6-4;1-2;/h2-3H,1H3,(H,5,6);1H3;1H. The fraction of sp³-hybridized carbons (Fsp3) is 0.400. The molecular formula is C5H11IN2. The van der Waals surface area contributed by atoms with Crippen LogP contribution in [0.4, 0.5) is 0 Å². The molecule has 0 spiro atoms. The van der Waals surface area contributed by atoms with Crippen LogP contribution in [0.5, 0.6) is 0 Å². The predicted molar refractivity (Wildman–Crippen MR) is 45.4 cm³/mol.